The summed E-state index contributed by atoms with van der Waals surface area (Å²) in [6.45, 7) is 0. The minimum absolute atomic E-state index is 0.699. The highest BCUT2D eigenvalue weighted by Gasteiger charge is 2.22. The van der Waals surface area contributed by atoms with E-state index in [-0.39, 0.29) is 0 Å². The van der Waals surface area contributed by atoms with E-state index < -0.39 is 0 Å². The second kappa shape index (κ2) is 4.86. The van der Waals surface area contributed by atoms with Gasteiger partial charge in [0, 0.05) is 33.1 Å². The molecule has 0 radical (unpaired) electrons. The molecular weight excluding hydrogens is 320 g/mol. The van der Waals surface area contributed by atoms with Crippen LogP contribution in [0.25, 0.3) is 32.9 Å². The highest BCUT2D eigenvalue weighted by molar-refractivity contribution is 6.31. The SMILES string of the molecule is COc1cc2c3c(nc4ccccc4c3c1)-c1ccc(Cl)cc1N2. The van der Waals surface area contributed by atoms with Gasteiger partial charge in [-0.3, -0.25) is 0 Å². The Balaban J connectivity index is 2.01. The summed E-state index contributed by atoms with van der Waals surface area (Å²) < 4.78 is 5.50. The van der Waals surface area contributed by atoms with Gasteiger partial charge in [-0.25, -0.2) is 4.98 Å². The normalized spacial score (nSPS) is 12.1. The van der Waals surface area contributed by atoms with Gasteiger partial charge in [-0.1, -0.05) is 29.8 Å². The molecule has 1 aromatic heterocycles. The van der Waals surface area contributed by atoms with Gasteiger partial charge in [0.05, 0.1) is 24.0 Å². The van der Waals surface area contributed by atoms with E-state index in [1.807, 2.05) is 42.5 Å². The van der Waals surface area contributed by atoms with E-state index in [1.54, 1.807) is 7.11 Å². The Morgan fingerprint density at radius 1 is 0.958 bits per heavy atom. The third-order valence-corrected chi connectivity index (χ3v) is 4.75. The molecule has 0 spiro atoms. The summed E-state index contributed by atoms with van der Waals surface area (Å²) in [6.07, 6.45) is 0. The highest BCUT2D eigenvalue weighted by Crippen LogP contribution is 2.46. The van der Waals surface area contributed by atoms with Crippen molar-refractivity contribution in [1.29, 1.82) is 0 Å². The third kappa shape index (κ3) is 1.82. The number of ether oxygens (including phenoxy) is 1. The molecule has 5 rings (SSSR count). The summed E-state index contributed by atoms with van der Waals surface area (Å²) in [5.41, 5.74) is 4.97. The first-order chi connectivity index (χ1) is 11.7. The van der Waals surface area contributed by atoms with Crippen LogP contribution in [-0.4, -0.2) is 12.1 Å². The fraction of sp³-hybridized carbons (Fsp3) is 0.0500. The second-order valence-electron chi connectivity index (χ2n) is 5.89. The number of hydrogen-bond acceptors (Lipinski definition) is 3. The minimum atomic E-state index is 0.699. The topological polar surface area (TPSA) is 34.1 Å². The Morgan fingerprint density at radius 3 is 2.71 bits per heavy atom. The predicted molar refractivity (Wildman–Crippen MR) is 99.5 cm³/mol. The third-order valence-electron chi connectivity index (χ3n) is 4.52. The lowest BCUT2D eigenvalue weighted by Gasteiger charge is -2.23. The van der Waals surface area contributed by atoms with Gasteiger partial charge in [0.15, 0.2) is 0 Å². The molecule has 4 aromatic rings. The molecular formula is C20H13ClN2O. The van der Waals surface area contributed by atoms with Crippen molar-refractivity contribution in [1.82, 2.24) is 4.98 Å². The number of rotatable bonds is 1. The van der Waals surface area contributed by atoms with Crippen LogP contribution in [0.1, 0.15) is 0 Å². The number of para-hydroxylation sites is 1. The van der Waals surface area contributed by atoms with Crippen molar-refractivity contribution < 1.29 is 4.74 Å². The number of anilines is 2. The number of nitrogens with zero attached hydrogens (tertiary/aromatic N) is 1. The molecule has 0 amide bonds. The number of pyridine rings is 1. The van der Waals surface area contributed by atoms with Gasteiger partial charge in [0.2, 0.25) is 0 Å². The van der Waals surface area contributed by atoms with E-state index in [2.05, 4.69) is 17.4 Å². The van der Waals surface area contributed by atoms with Crippen molar-refractivity contribution in [2.75, 3.05) is 12.4 Å². The lowest BCUT2D eigenvalue weighted by Crippen LogP contribution is -2.04. The summed E-state index contributed by atoms with van der Waals surface area (Å²) in [7, 11) is 1.69. The van der Waals surface area contributed by atoms with Gasteiger partial charge in [0.25, 0.3) is 0 Å². The van der Waals surface area contributed by atoms with Crippen molar-refractivity contribution in [3.63, 3.8) is 0 Å². The zero-order valence-corrected chi connectivity index (χ0v) is 13.7. The molecule has 0 saturated carbocycles. The quantitative estimate of drug-likeness (QED) is 0.395. The maximum absolute atomic E-state index is 6.17. The number of aromatic nitrogens is 1. The molecule has 3 nitrogen and oxygen atoms in total. The summed E-state index contributed by atoms with van der Waals surface area (Å²) in [4.78, 5) is 4.94. The molecule has 24 heavy (non-hydrogen) atoms. The van der Waals surface area contributed by atoms with Crippen LogP contribution in [0.5, 0.6) is 5.75 Å². The van der Waals surface area contributed by atoms with Crippen LogP contribution in [0.15, 0.2) is 54.6 Å². The van der Waals surface area contributed by atoms with Crippen molar-refractivity contribution in [2.24, 2.45) is 0 Å². The molecule has 116 valence electrons. The Kier molecular flexibility index (Phi) is 2.76. The molecule has 1 aliphatic rings. The summed E-state index contributed by atoms with van der Waals surface area (Å²) in [6, 6.07) is 18.1. The van der Waals surface area contributed by atoms with Crippen molar-refractivity contribution in [3.05, 3.63) is 59.6 Å². The van der Waals surface area contributed by atoms with E-state index in [0.29, 0.717) is 5.02 Å². The number of halogens is 1. The highest BCUT2D eigenvalue weighted by atomic mass is 35.5. The molecule has 1 N–H and O–H groups in total. The molecule has 2 heterocycles. The molecule has 0 fully saturated rings. The molecule has 0 unspecified atom stereocenters. The Bertz CT molecular complexity index is 1140. The standard InChI is InChI=1S/C20H13ClN2O/c1-24-12-9-15-13-4-2-3-5-16(13)23-20-14-7-6-11(21)8-17(14)22-18(10-12)19(15)20/h2-10,22H,1H3. The van der Waals surface area contributed by atoms with Crippen molar-refractivity contribution >= 4 is 44.7 Å². The number of nitrogens with one attached hydrogen (secondary N) is 1. The van der Waals surface area contributed by atoms with Crippen LogP contribution >= 0.6 is 11.6 Å². The van der Waals surface area contributed by atoms with E-state index in [4.69, 9.17) is 21.3 Å². The van der Waals surface area contributed by atoms with Crippen LogP contribution in [0, 0.1) is 0 Å². The van der Waals surface area contributed by atoms with E-state index >= 15 is 0 Å². The maximum Gasteiger partial charge on any atom is 0.121 e. The maximum atomic E-state index is 6.17. The average Bonchev–Trinajstić information content (AvgIpc) is 2.61. The van der Waals surface area contributed by atoms with Crippen molar-refractivity contribution in [2.45, 2.75) is 0 Å². The molecule has 0 atom stereocenters. The number of fused-ring (bicyclic) bond motifs is 4. The minimum Gasteiger partial charge on any atom is -0.497 e. The molecule has 3 aromatic carbocycles. The van der Waals surface area contributed by atoms with Gasteiger partial charge in [0.1, 0.15) is 5.75 Å². The van der Waals surface area contributed by atoms with E-state index in [0.717, 1.165) is 50.1 Å². The van der Waals surface area contributed by atoms with E-state index in [1.165, 1.54) is 0 Å². The first kappa shape index (κ1) is 13.6. The van der Waals surface area contributed by atoms with Gasteiger partial charge < -0.3 is 10.1 Å². The van der Waals surface area contributed by atoms with Crippen molar-refractivity contribution in [3.8, 4) is 17.0 Å². The number of hydrogen-bond donors (Lipinski definition) is 1. The largest absolute Gasteiger partial charge is 0.497 e. The average molecular weight is 333 g/mol. The van der Waals surface area contributed by atoms with E-state index in [9.17, 15) is 0 Å². The molecule has 0 bridgehead atoms. The first-order valence-electron chi connectivity index (χ1n) is 7.72. The summed E-state index contributed by atoms with van der Waals surface area (Å²) in [5, 5.41) is 7.55. The van der Waals surface area contributed by atoms with Gasteiger partial charge in [-0.15, -0.1) is 0 Å². The van der Waals surface area contributed by atoms with Gasteiger partial charge >= 0.3 is 0 Å². The Labute approximate surface area is 143 Å². The first-order valence-corrected chi connectivity index (χ1v) is 8.10. The smallest absolute Gasteiger partial charge is 0.121 e. The number of methoxy groups -OCH3 is 1. The monoisotopic (exact) mass is 332 g/mol. The lowest BCUT2D eigenvalue weighted by molar-refractivity contribution is 0.415. The molecule has 0 aliphatic carbocycles. The van der Waals surface area contributed by atoms with Gasteiger partial charge in [-0.2, -0.15) is 0 Å². The van der Waals surface area contributed by atoms with Crippen LogP contribution in [0.3, 0.4) is 0 Å². The molecule has 1 aliphatic heterocycles. The summed E-state index contributed by atoms with van der Waals surface area (Å²) in [5.74, 6) is 0.817. The summed E-state index contributed by atoms with van der Waals surface area (Å²) >= 11 is 6.17. The van der Waals surface area contributed by atoms with Crippen LogP contribution in [0.4, 0.5) is 11.4 Å². The number of benzene rings is 3. The van der Waals surface area contributed by atoms with Crippen LogP contribution < -0.4 is 10.1 Å². The zero-order valence-electron chi connectivity index (χ0n) is 12.9. The molecule has 0 saturated heterocycles. The molecule has 4 heteroatoms. The lowest BCUT2D eigenvalue weighted by atomic mass is 9.94. The van der Waals surface area contributed by atoms with Gasteiger partial charge in [-0.05, 0) is 35.7 Å². The Morgan fingerprint density at radius 2 is 1.83 bits per heavy atom. The fourth-order valence-electron chi connectivity index (χ4n) is 3.44. The Hall–Kier alpha value is -2.78. The zero-order chi connectivity index (χ0) is 16.3. The van der Waals surface area contributed by atoms with Crippen LogP contribution in [-0.2, 0) is 0 Å². The van der Waals surface area contributed by atoms with Crippen LogP contribution in [0.2, 0.25) is 5.02 Å². The predicted octanol–water partition coefficient (Wildman–Crippen LogP) is 5.77. The fourth-order valence-corrected chi connectivity index (χ4v) is 3.61. The second-order valence-corrected chi connectivity index (χ2v) is 6.33.